The van der Waals surface area contributed by atoms with Crippen molar-refractivity contribution >= 4 is 23.2 Å². The molecule has 1 unspecified atom stereocenters. The molecule has 0 spiro atoms. The molecule has 2 aliphatic rings. The number of nitrogens with zero attached hydrogens (tertiary/aromatic N) is 2. The van der Waals surface area contributed by atoms with E-state index in [0.29, 0.717) is 43.3 Å². The van der Waals surface area contributed by atoms with Gasteiger partial charge in [-0.25, -0.2) is 0 Å². The number of amides is 2. The standard InChI is InChI=1S/C22H28N2O3S/c1-22(2,3)15-6-7-16-17(14-28-19(16)13-15)20(25)23-8-10-24(11-9-23)21(26)18-5-4-12-27-18/h4-5,12,14-15H,6-11,13H2,1-3H3. The number of hydrogen-bond acceptors (Lipinski definition) is 4. The molecule has 0 saturated carbocycles. The molecule has 1 aliphatic carbocycles. The van der Waals surface area contributed by atoms with Crippen LogP contribution >= 0.6 is 11.3 Å². The Morgan fingerprint density at radius 1 is 1.11 bits per heavy atom. The lowest BCUT2D eigenvalue weighted by Gasteiger charge is -2.35. The topological polar surface area (TPSA) is 53.8 Å². The molecule has 4 rings (SSSR count). The highest BCUT2D eigenvalue weighted by molar-refractivity contribution is 7.10. The van der Waals surface area contributed by atoms with Crippen LogP contribution in [-0.4, -0.2) is 47.8 Å². The Bertz CT molecular complexity index is 855. The van der Waals surface area contributed by atoms with Crippen LogP contribution in [0.2, 0.25) is 0 Å². The first kappa shape index (κ1) is 19.2. The molecule has 0 aromatic carbocycles. The first-order chi connectivity index (χ1) is 13.3. The lowest BCUT2D eigenvalue weighted by molar-refractivity contribution is 0.0517. The number of fused-ring (bicyclic) bond motifs is 1. The van der Waals surface area contributed by atoms with Gasteiger partial charge in [-0.3, -0.25) is 9.59 Å². The van der Waals surface area contributed by atoms with Gasteiger partial charge in [0.15, 0.2) is 5.76 Å². The van der Waals surface area contributed by atoms with Crippen LogP contribution in [0.25, 0.3) is 0 Å². The summed E-state index contributed by atoms with van der Waals surface area (Å²) in [5, 5.41) is 2.05. The van der Waals surface area contributed by atoms with Crippen LogP contribution in [0.4, 0.5) is 0 Å². The Morgan fingerprint density at radius 3 is 2.39 bits per heavy atom. The van der Waals surface area contributed by atoms with Crippen molar-refractivity contribution in [2.45, 2.75) is 40.0 Å². The van der Waals surface area contributed by atoms with E-state index < -0.39 is 0 Å². The van der Waals surface area contributed by atoms with Crippen LogP contribution in [-0.2, 0) is 12.8 Å². The van der Waals surface area contributed by atoms with Crippen molar-refractivity contribution < 1.29 is 14.0 Å². The summed E-state index contributed by atoms with van der Waals surface area (Å²) in [7, 11) is 0. The van der Waals surface area contributed by atoms with Gasteiger partial charge in [0, 0.05) is 36.4 Å². The average Bonchev–Trinajstić information content (AvgIpc) is 3.35. The highest BCUT2D eigenvalue weighted by Gasteiger charge is 2.33. The minimum atomic E-state index is -0.0989. The molecule has 5 nitrogen and oxygen atoms in total. The van der Waals surface area contributed by atoms with Crippen LogP contribution in [0.1, 0.15) is 58.5 Å². The van der Waals surface area contributed by atoms with Gasteiger partial charge in [-0.05, 0) is 48.3 Å². The van der Waals surface area contributed by atoms with E-state index in [4.69, 9.17) is 4.42 Å². The molecule has 1 aliphatic heterocycles. The minimum Gasteiger partial charge on any atom is -0.459 e. The van der Waals surface area contributed by atoms with Crippen molar-refractivity contribution in [2.75, 3.05) is 26.2 Å². The summed E-state index contributed by atoms with van der Waals surface area (Å²) in [5.41, 5.74) is 2.46. The van der Waals surface area contributed by atoms with Gasteiger partial charge < -0.3 is 14.2 Å². The first-order valence-corrected chi connectivity index (χ1v) is 10.9. The number of furan rings is 1. The second-order valence-electron chi connectivity index (χ2n) is 8.92. The monoisotopic (exact) mass is 400 g/mol. The SMILES string of the molecule is CC(C)(C)C1CCc2c(C(=O)N3CCN(C(=O)c4ccco4)CC3)csc2C1. The quantitative estimate of drug-likeness (QED) is 0.763. The summed E-state index contributed by atoms with van der Waals surface area (Å²) in [6.07, 6.45) is 4.75. The maximum Gasteiger partial charge on any atom is 0.289 e. The van der Waals surface area contributed by atoms with Crippen molar-refractivity contribution in [3.63, 3.8) is 0 Å². The van der Waals surface area contributed by atoms with Crippen LogP contribution in [0.15, 0.2) is 28.2 Å². The molecule has 2 aromatic rings. The fourth-order valence-electron chi connectivity index (χ4n) is 4.27. The van der Waals surface area contributed by atoms with Crippen LogP contribution in [0.3, 0.4) is 0 Å². The summed E-state index contributed by atoms with van der Waals surface area (Å²) in [4.78, 5) is 30.6. The molecule has 2 amide bonds. The lowest BCUT2D eigenvalue weighted by Crippen LogP contribution is -2.50. The summed E-state index contributed by atoms with van der Waals surface area (Å²) in [5.74, 6) is 1.06. The average molecular weight is 401 g/mol. The molecule has 150 valence electrons. The Balaban J connectivity index is 1.40. The van der Waals surface area contributed by atoms with E-state index in [2.05, 4.69) is 26.2 Å². The predicted molar refractivity (Wildman–Crippen MR) is 110 cm³/mol. The molecule has 1 fully saturated rings. The number of thiophene rings is 1. The Hall–Kier alpha value is -2.08. The van der Waals surface area contributed by atoms with E-state index in [9.17, 15) is 9.59 Å². The van der Waals surface area contributed by atoms with Gasteiger partial charge in [0.1, 0.15) is 0 Å². The van der Waals surface area contributed by atoms with Crippen LogP contribution in [0.5, 0.6) is 0 Å². The van der Waals surface area contributed by atoms with Crippen molar-refractivity contribution in [3.8, 4) is 0 Å². The lowest BCUT2D eigenvalue weighted by atomic mass is 9.72. The zero-order valence-electron chi connectivity index (χ0n) is 16.9. The number of rotatable bonds is 2. The minimum absolute atomic E-state index is 0.0989. The molecule has 0 radical (unpaired) electrons. The zero-order chi connectivity index (χ0) is 19.9. The predicted octanol–water partition coefficient (Wildman–Crippen LogP) is 4.09. The Morgan fingerprint density at radius 2 is 1.79 bits per heavy atom. The molecule has 28 heavy (non-hydrogen) atoms. The molecular weight excluding hydrogens is 372 g/mol. The summed E-state index contributed by atoms with van der Waals surface area (Å²) in [6, 6.07) is 3.40. The molecule has 0 N–H and O–H groups in total. The van der Waals surface area contributed by atoms with Crippen LogP contribution in [0, 0.1) is 11.3 Å². The molecular formula is C22H28N2O3S. The fourth-order valence-corrected chi connectivity index (χ4v) is 5.42. The van der Waals surface area contributed by atoms with E-state index in [1.165, 1.54) is 16.7 Å². The fraction of sp³-hybridized carbons (Fsp3) is 0.545. The maximum absolute atomic E-state index is 13.1. The second-order valence-corrected chi connectivity index (χ2v) is 9.88. The Labute approximate surface area is 170 Å². The number of piperazine rings is 1. The number of carbonyl (C=O) groups is 2. The summed E-state index contributed by atoms with van der Waals surface area (Å²) >= 11 is 1.74. The van der Waals surface area contributed by atoms with Gasteiger partial charge in [-0.15, -0.1) is 11.3 Å². The summed E-state index contributed by atoms with van der Waals surface area (Å²) in [6.45, 7) is 9.16. The van der Waals surface area contributed by atoms with E-state index in [1.807, 2.05) is 4.90 Å². The smallest absolute Gasteiger partial charge is 0.289 e. The van der Waals surface area contributed by atoms with Gasteiger partial charge in [0.05, 0.1) is 11.8 Å². The van der Waals surface area contributed by atoms with Crippen molar-refractivity contribution in [3.05, 3.63) is 45.5 Å². The molecule has 2 aromatic heterocycles. The van der Waals surface area contributed by atoms with Gasteiger partial charge in [0.2, 0.25) is 0 Å². The van der Waals surface area contributed by atoms with Gasteiger partial charge >= 0.3 is 0 Å². The molecule has 3 heterocycles. The van der Waals surface area contributed by atoms with Crippen molar-refractivity contribution in [1.29, 1.82) is 0 Å². The molecule has 1 saturated heterocycles. The van der Waals surface area contributed by atoms with Gasteiger partial charge in [-0.1, -0.05) is 20.8 Å². The largest absolute Gasteiger partial charge is 0.459 e. The normalized spacial score (nSPS) is 20.2. The van der Waals surface area contributed by atoms with Crippen molar-refractivity contribution in [1.82, 2.24) is 9.80 Å². The van der Waals surface area contributed by atoms with E-state index in [0.717, 1.165) is 24.8 Å². The third-order valence-corrected chi connectivity index (χ3v) is 7.25. The summed E-state index contributed by atoms with van der Waals surface area (Å²) < 4.78 is 5.21. The molecule has 0 bridgehead atoms. The molecule has 1 atom stereocenters. The van der Waals surface area contributed by atoms with Gasteiger partial charge in [0.25, 0.3) is 11.8 Å². The van der Waals surface area contributed by atoms with Crippen LogP contribution < -0.4 is 0 Å². The molecule has 6 heteroatoms. The zero-order valence-corrected chi connectivity index (χ0v) is 17.7. The third kappa shape index (κ3) is 3.62. The second kappa shape index (κ2) is 7.39. The highest BCUT2D eigenvalue weighted by atomic mass is 32.1. The van der Waals surface area contributed by atoms with Crippen molar-refractivity contribution in [2.24, 2.45) is 11.3 Å². The first-order valence-electron chi connectivity index (χ1n) is 10.1. The Kier molecular flexibility index (Phi) is 5.08. The number of hydrogen-bond donors (Lipinski definition) is 0. The van der Waals surface area contributed by atoms with E-state index in [-0.39, 0.29) is 11.8 Å². The van der Waals surface area contributed by atoms with E-state index in [1.54, 1.807) is 28.4 Å². The maximum atomic E-state index is 13.1. The highest BCUT2D eigenvalue weighted by Crippen LogP contribution is 2.40. The van der Waals surface area contributed by atoms with Gasteiger partial charge in [-0.2, -0.15) is 0 Å². The van der Waals surface area contributed by atoms with E-state index >= 15 is 0 Å². The number of carbonyl (C=O) groups excluding carboxylic acids is 2. The third-order valence-electron chi connectivity index (χ3n) is 6.20.